The molecule has 0 radical (unpaired) electrons. The van der Waals surface area contributed by atoms with Gasteiger partial charge in [0, 0.05) is 19.0 Å². The molecule has 0 saturated carbocycles. The molecular formula is C20H20N4. The summed E-state index contributed by atoms with van der Waals surface area (Å²) in [7, 11) is 1.95. The fourth-order valence-corrected chi connectivity index (χ4v) is 3.26. The van der Waals surface area contributed by atoms with Gasteiger partial charge in [0.1, 0.15) is 0 Å². The van der Waals surface area contributed by atoms with Crippen molar-refractivity contribution >= 4 is 27.6 Å². The molecule has 120 valence electrons. The molecule has 0 saturated heterocycles. The Morgan fingerprint density at radius 3 is 2.58 bits per heavy atom. The normalized spacial score (nSPS) is 11.2. The van der Waals surface area contributed by atoms with Crippen LogP contribution in [0.15, 0.2) is 54.6 Å². The molecule has 0 fully saturated rings. The lowest BCUT2D eigenvalue weighted by Crippen LogP contribution is -2.06. The molecule has 0 aliphatic carbocycles. The van der Waals surface area contributed by atoms with Gasteiger partial charge in [-0.25, -0.2) is 4.98 Å². The highest BCUT2D eigenvalue weighted by Crippen LogP contribution is 2.32. The number of aryl methyl sites for hydroxylation is 2. The predicted octanol–water partition coefficient (Wildman–Crippen LogP) is 4.08. The van der Waals surface area contributed by atoms with Gasteiger partial charge in [-0.15, -0.1) is 0 Å². The maximum atomic E-state index is 4.79. The number of nitrogens with one attached hydrogen (secondary N) is 1. The van der Waals surface area contributed by atoms with Crippen LogP contribution in [-0.4, -0.2) is 21.3 Å². The first-order chi connectivity index (χ1) is 11.7. The molecule has 2 heterocycles. The van der Waals surface area contributed by atoms with Crippen molar-refractivity contribution in [3.8, 4) is 0 Å². The molecule has 24 heavy (non-hydrogen) atoms. The minimum absolute atomic E-state index is 0.876. The van der Waals surface area contributed by atoms with Crippen LogP contribution in [0.1, 0.15) is 11.3 Å². The average Bonchev–Trinajstić information content (AvgIpc) is 2.89. The first-order valence-corrected chi connectivity index (χ1v) is 8.24. The fourth-order valence-electron chi connectivity index (χ4n) is 3.26. The van der Waals surface area contributed by atoms with E-state index >= 15 is 0 Å². The smallest absolute Gasteiger partial charge is 0.160 e. The molecule has 2 aromatic carbocycles. The van der Waals surface area contributed by atoms with Crippen LogP contribution in [0.3, 0.4) is 0 Å². The van der Waals surface area contributed by atoms with E-state index in [0.717, 1.165) is 46.3 Å². The zero-order valence-corrected chi connectivity index (χ0v) is 14.0. The van der Waals surface area contributed by atoms with Crippen molar-refractivity contribution in [2.45, 2.75) is 13.3 Å². The average molecular weight is 316 g/mol. The van der Waals surface area contributed by atoms with E-state index in [2.05, 4.69) is 58.9 Å². The summed E-state index contributed by atoms with van der Waals surface area (Å²) >= 11 is 0. The highest BCUT2D eigenvalue weighted by Gasteiger charge is 2.15. The Morgan fingerprint density at radius 1 is 1.00 bits per heavy atom. The zero-order chi connectivity index (χ0) is 16.5. The van der Waals surface area contributed by atoms with Crippen LogP contribution in [0.2, 0.25) is 0 Å². The van der Waals surface area contributed by atoms with E-state index in [-0.39, 0.29) is 0 Å². The fraction of sp³-hybridized carbons (Fsp3) is 0.200. The third kappa shape index (κ3) is 2.50. The summed E-state index contributed by atoms with van der Waals surface area (Å²) in [5.74, 6) is 0. The second-order valence-electron chi connectivity index (χ2n) is 6.07. The van der Waals surface area contributed by atoms with Gasteiger partial charge in [0.15, 0.2) is 5.65 Å². The first kappa shape index (κ1) is 14.7. The van der Waals surface area contributed by atoms with Gasteiger partial charge in [-0.1, -0.05) is 48.5 Å². The first-order valence-electron chi connectivity index (χ1n) is 8.24. The summed E-state index contributed by atoms with van der Waals surface area (Å²) in [5.41, 5.74) is 5.40. The van der Waals surface area contributed by atoms with Crippen molar-refractivity contribution in [3.05, 3.63) is 65.9 Å². The van der Waals surface area contributed by atoms with Crippen molar-refractivity contribution in [1.82, 2.24) is 14.8 Å². The molecule has 0 atom stereocenters. The minimum Gasteiger partial charge on any atom is -0.384 e. The van der Waals surface area contributed by atoms with Crippen molar-refractivity contribution in [1.29, 1.82) is 0 Å². The summed E-state index contributed by atoms with van der Waals surface area (Å²) in [6.45, 7) is 2.92. The summed E-state index contributed by atoms with van der Waals surface area (Å²) in [5, 5.41) is 10.5. The molecule has 4 aromatic rings. The topological polar surface area (TPSA) is 42.7 Å². The number of aromatic nitrogens is 3. The monoisotopic (exact) mass is 316 g/mol. The van der Waals surface area contributed by atoms with Crippen LogP contribution in [0, 0.1) is 6.92 Å². The van der Waals surface area contributed by atoms with Gasteiger partial charge in [0.2, 0.25) is 0 Å². The van der Waals surface area contributed by atoms with Crippen LogP contribution >= 0.6 is 0 Å². The van der Waals surface area contributed by atoms with E-state index in [4.69, 9.17) is 4.98 Å². The number of hydrogen-bond acceptors (Lipinski definition) is 3. The van der Waals surface area contributed by atoms with E-state index in [9.17, 15) is 0 Å². The number of rotatable bonds is 4. The van der Waals surface area contributed by atoms with Crippen LogP contribution in [-0.2, 0) is 13.5 Å². The number of nitrogens with zero attached hydrogens (tertiary/aromatic N) is 3. The van der Waals surface area contributed by atoms with E-state index in [1.165, 1.54) is 5.56 Å². The van der Waals surface area contributed by atoms with Crippen LogP contribution in [0.25, 0.3) is 21.9 Å². The lowest BCUT2D eigenvalue weighted by Gasteiger charge is -2.12. The summed E-state index contributed by atoms with van der Waals surface area (Å²) in [6, 6.07) is 18.8. The van der Waals surface area contributed by atoms with Crippen LogP contribution in [0.5, 0.6) is 0 Å². The maximum absolute atomic E-state index is 4.79. The van der Waals surface area contributed by atoms with Crippen LogP contribution < -0.4 is 5.32 Å². The largest absolute Gasteiger partial charge is 0.384 e. The Morgan fingerprint density at radius 2 is 1.75 bits per heavy atom. The molecule has 0 bridgehead atoms. The standard InChI is InChI=1S/C20H20N4/c1-14-18-19(21-13-12-15-8-4-3-5-9-15)16-10-6-7-11-17(16)22-20(18)24(2)23-14/h3-11H,12-13H2,1-2H3,(H,21,22). The van der Waals surface area contributed by atoms with Crippen molar-refractivity contribution in [3.63, 3.8) is 0 Å². The molecule has 1 N–H and O–H groups in total. The van der Waals surface area contributed by atoms with E-state index in [1.807, 2.05) is 24.7 Å². The van der Waals surface area contributed by atoms with Crippen LogP contribution in [0.4, 0.5) is 5.69 Å². The second kappa shape index (κ2) is 5.96. The lowest BCUT2D eigenvalue weighted by molar-refractivity contribution is 0.775. The lowest BCUT2D eigenvalue weighted by atomic mass is 10.1. The summed E-state index contributed by atoms with van der Waals surface area (Å²) in [4.78, 5) is 4.79. The molecule has 4 heteroatoms. The quantitative estimate of drug-likeness (QED) is 0.617. The van der Waals surface area contributed by atoms with Crippen molar-refractivity contribution < 1.29 is 0 Å². The Bertz CT molecular complexity index is 1000. The third-order valence-corrected chi connectivity index (χ3v) is 4.40. The Labute approximate surface area is 141 Å². The molecule has 0 spiro atoms. The number of benzene rings is 2. The van der Waals surface area contributed by atoms with Gasteiger partial charge < -0.3 is 5.32 Å². The van der Waals surface area contributed by atoms with E-state index in [0.29, 0.717) is 0 Å². The summed E-state index contributed by atoms with van der Waals surface area (Å²) in [6.07, 6.45) is 0.984. The minimum atomic E-state index is 0.876. The Kier molecular flexibility index (Phi) is 3.65. The van der Waals surface area contributed by atoms with E-state index in [1.54, 1.807) is 0 Å². The highest BCUT2D eigenvalue weighted by molar-refractivity contribution is 6.07. The molecule has 2 aromatic heterocycles. The van der Waals surface area contributed by atoms with Gasteiger partial charge >= 0.3 is 0 Å². The molecule has 0 aliphatic rings. The summed E-state index contributed by atoms with van der Waals surface area (Å²) < 4.78 is 1.86. The molecule has 4 rings (SSSR count). The van der Waals surface area contributed by atoms with Gasteiger partial charge in [0.25, 0.3) is 0 Å². The second-order valence-corrected chi connectivity index (χ2v) is 6.07. The third-order valence-electron chi connectivity index (χ3n) is 4.40. The van der Waals surface area contributed by atoms with Crippen molar-refractivity contribution in [2.24, 2.45) is 7.05 Å². The van der Waals surface area contributed by atoms with Gasteiger partial charge in [-0.3, -0.25) is 4.68 Å². The molecule has 0 amide bonds. The number of pyridine rings is 1. The SMILES string of the molecule is Cc1nn(C)c2nc3ccccc3c(NCCc3ccccc3)c12. The van der Waals surface area contributed by atoms with Gasteiger partial charge in [0.05, 0.1) is 22.3 Å². The number of anilines is 1. The number of hydrogen-bond donors (Lipinski definition) is 1. The maximum Gasteiger partial charge on any atom is 0.160 e. The van der Waals surface area contributed by atoms with Gasteiger partial charge in [-0.2, -0.15) is 5.10 Å². The molecular weight excluding hydrogens is 296 g/mol. The molecule has 0 aliphatic heterocycles. The number of fused-ring (bicyclic) bond motifs is 2. The Balaban J connectivity index is 1.76. The predicted molar refractivity (Wildman–Crippen MR) is 99.4 cm³/mol. The highest BCUT2D eigenvalue weighted by atomic mass is 15.3. The zero-order valence-electron chi connectivity index (χ0n) is 14.0. The molecule has 4 nitrogen and oxygen atoms in total. The Hall–Kier alpha value is -2.88. The van der Waals surface area contributed by atoms with E-state index < -0.39 is 0 Å². The molecule has 0 unspecified atom stereocenters. The van der Waals surface area contributed by atoms with Crippen molar-refractivity contribution in [2.75, 3.05) is 11.9 Å². The number of para-hydroxylation sites is 1. The van der Waals surface area contributed by atoms with Gasteiger partial charge in [-0.05, 0) is 25.0 Å².